The molecule has 0 saturated carbocycles. The van der Waals surface area contributed by atoms with Crippen molar-refractivity contribution in [2.24, 2.45) is 0 Å². The topological polar surface area (TPSA) is 211 Å². The lowest BCUT2D eigenvalue weighted by Gasteiger charge is -2.22. The van der Waals surface area contributed by atoms with E-state index < -0.39 is 0 Å². The van der Waals surface area contributed by atoms with Crippen molar-refractivity contribution in [3.8, 4) is 11.8 Å². The van der Waals surface area contributed by atoms with Gasteiger partial charge in [0.05, 0.1) is 64.9 Å². The molecular formula is C37H54N12O3. The van der Waals surface area contributed by atoms with E-state index in [4.69, 9.17) is 36.5 Å². The highest BCUT2D eigenvalue weighted by atomic mass is 16.5. The lowest BCUT2D eigenvalue weighted by molar-refractivity contribution is 0.124. The average Bonchev–Trinajstić information content (AvgIpc) is 3.69. The van der Waals surface area contributed by atoms with Crippen LogP contribution in [0.3, 0.4) is 0 Å². The maximum absolute atomic E-state index is 8.51. The number of nitrogens with two attached hydrogens (primary N) is 2. The normalized spacial score (nSPS) is 12.7. The molecule has 5 heterocycles. The van der Waals surface area contributed by atoms with Crippen LogP contribution in [0.4, 0.5) is 23.0 Å². The minimum absolute atomic E-state index is 0.00368. The molecule has 1 atom stereocenters. The van der Waals surface area contributed by atoms with E-state index in [0.717, 1.165) is 18.9 Å². The van der Waals surface area contributed by atoms with Crippen molar-refractivity contribution in [3.05, 3.63) is 71.8 Å². The van der Waals surface area contributed by atoms with Crippen molar-refractivity contribution in [1.29, 1.82) is 10.8 Å². The van der Waals surface area contributed by atoms with E-state index in [-0.39, 0.29) is 29.7 Å². The minimum atomic E-state index is -0.0183. The maximum Gasteiger partial charge on any atom is 0.214 e. The number of nitrogens with zero attached hydrogens (tertiary/aromatic N) is 8. The number of pyridine rings is 2. The van der Waals surface area contributed by atoms with E-state index >= 15 is 0 Å². The second-order valence-electron chi connectivity index (χ2n) is 12.4. The van der Waals surface area contributed by atoms with Crippen LogP contribution in [0.1, 0.15) is 83.8 Å². The van der Waals surface area contributed by atoms with Crippen molar-refractivity contribution in [3.63, 3.8) is 0 Å². The Morgan fingerprint density at radius 1 is 0.750 bits per heavy atom. The van der Waals surface area contributed by atoms with Gasteiger partial charge in [-0.15, -0.1) is 0 Å². The summed E-state index contributed by atoms with van der Waals surface area (Å²) in [4.78, 5) is 29.5. The molecule has 0 bridgehead atoms. The Hall–Kier alpha value is -5.44. The fraction of sp³-hybridized carbons (Fsp3) is 0.459. The largest absolute Gasteiger partial charge is 0.475 e. The Labute approximate surface area is 307 Å². The van der Waals surface area contributed by atoms with Crippen LogP contribution < -0.4 is 30.7 Å². The lowest BCUT2D eigenvalue weighted by Crippen LogP contribution is -2.29. The molecule has 15 heteroatoms. The number of hydrogen-bond donors (Lipinski definition) is 4. The number of aromatic nitrogens is 6. The van der Waals surface area contributed by atoms with Crippen LogP contribution in [0.2, 0.25) is 0 Å². The van der Waals surface area contributed by atoms with Crippen LogP contribution in [-0.2, 0) is 4.74 Å². The molecule has 0 aromatic carbocycles. The summed E-state index contributed by atoms with van der Waals surface area (Å²) in [5.74, 6) is 2.44. The number of nitrogens with one attached hydrogen (secondary N) is 2. The first-order valence-electron chi connectivity index (χ1n) is 17.5. The first-order valence-corrected chi connectivity index (χ1v) is 17.5. The van der Waals surface area contributed by atoms with E-state index in [9.17, 15) is 0 Å². The van der Waals surface area contributed by atoms with Gasteiger partial charge in [0.1, 0.15) is 24.3 Å². The summed E-state index contributed by atoms with van der Waals surface area (Å²) < 4.78 is 16.5. The second-order valence-corrected chi connectivity index (χ2v) is 12.4. The number of ether oxygens (including phenoxy) is 3. The molecule has 52 heavy (non-hydrogen) atoms. The molecule has 0 spiro atoms. The van der Waals surface area contributed by atoms with Crippen LogP contribution in [0.5, 0.6) is 11.8 Å². The van der Waals surface area contributed by atoms with Gasteiger partial charge in [0, 0.05) is 69.2 Å². The molecule has 1 aliphatic rings. The van der Waals surface area contributed by atoms with E-state index in [0.29, 0.717) is 58.0 Å². The molecule has 1 saturated heterocycles. The summed E-state index contributed by atoms with van der Waals surface area (Å²) in [6.07, 6.45) is 8.34. The quantitative estimate of drug-likeness (QED) is 0.128. The molecule has 4 aromatic rings. The molecule has 4 aromatic heterocycles. The number of rotatable bonds is 13. The van der Waals surface area contributed by atoms with Gasteiger partial charge in [-0.25, -0.2) is 29.9 Å². The monoisotopic (exact) mass is 714 g/mol. The van der Waals surface area contributed by atoms with E-state index in [1.165, 1.54) is 37.9 Å². The summed E-state index contributed by atoms with van der Waals surface area (Å²) in [5, 5.41) is 17.0. The molecule has 0 aliphatic carbocycles. The average molecular weight is 715 g/mol. The Balaban J connectivity index is 0.000000268. The van der Waals surface area contributed by atoms with Crippen molar-refractivity contribution in [1.82, 2.24) is 29.9 Å². The zero-order valence-electron chi connectivity index (χ0n) is 31.8. The van der Waals surface area contributed by atoms with Gasteiger partial charge >= 0.3 is 0 Å². The summed E-state index contributed by atoms with van der Waals surface area (Å²) in [6.45, 7) is 16.3. The third-order valence-corrected chi connectivity index (χ3v) is 7.64. The first kappa shape index (κ1) is 41.0. The number of anilines is 4. The van der Waals surface area contributed by atoms with Crippen LogP contribution in [0.25, 0.3) is 0 Å². The van der Waals surface area contributed by atoms with Crippen LogP contribution in [0, 0.1) is 10.8 Å². The van der Waals surface area contributed by atoms with Gasteiger partial charge in [-0.1, -0.05) is 13.8 Å². The molecule has 0 radical (unpaired) electrons. The van der Waals surface area contributed by atoms with Gasteiger partial charge < -0.3 is 35.5 Å². The van der Waals surface area contributed by atoms with E-state index in [1.54, 1.807) is 25.3 Å². The molecule has 1 unspecified atom stereocenters. The van der Waals surface area contributed by atoms with Gasteiger partial charge in [0.25, 0.3) is 0 Å². The molecule has 15 nitrogen and oxygen atoms in total. The Kier molecular flexibility index (Phi) is 15.6. The van der Waals surface area contributed by atoms with Crippen molar-refractivity contribution in [2.75, 3.05) is 55.1 Å². The van der Waals surface area contributed by atoms with Gasteiger partial charge in [-0.2, -0.15) is 0 Å². The maximum atomic E-state index is 8.51. The number of hydrogen-bond acceptors (Lipinski definition) is 15. The standard InChI is InChI=1S/C18H26N6O2.C17H22N6O.C2H6/c1-11(2)26-17-6-13(14(19)8-21-17)18(20)15-7-16(23-10-22-15)24(4)9-12(3)25-5;1-11(2)24-16-7-12(13(18)9-20-16)17(19)14-8-15(22-10-21-14)23-5-3-4-6-23;1-2/h6-8,10-12,20H,9,19H2,1-5H3;7-11,19H,3-6,18H2,1-2H3;1-2H3. The summed E-state index contributed by atoms with van der Waals surface area (Å²) in [6, 6.07) is 6.95. The predicted molar refractivity (Wildman–Crippen MR) is 207 cm³/mol. The molecule has 0 amide bonds. The first-order chi connectivity index (χ1) is 24.9. The van der Waals surface area contributed by atoms with Gasteiger partial charge in [0.15, 0.2) is 0 Å². The van der Waals surface area contributed by atoms with Gasteiger partial charge in [-0.3, -0.25) is 10.8 Å². The van der Waals surface area contributed by atoms with Gasteiger partial charge in [-0.05, 0) is 47.5 Å². The lowest BCUT2D eigenvalue weighted by atomic mass is 10.1. The van der Waals surface area contributed by atoms with Crippen molar-refractivity contribution < 1.29 is 14.2 Å². The van der Waals surface area contributed by atoms with Crippen molar-refractivity contribution >= 4 is 34.4 Å². The van der Waals surface area contributed by atoms with Crippen molar-refractivity contribution in [2.45, 2.75) is 79.6 Å². The Morgan fingerprint density at radius 2 is 1.23 bits per heavy atom. The summed E-state index contributed by atoms with van der Waals surface area (Å²) in [7, 11) is 3.59. The summed E-state index contributed by atoms with van der Waals surface area (Å²) >= 11 is 0. The highest BCUT2D eigenvalue weighted by Gasteiger charge is 2.18. The highest BCUT2D eigenvalue weighted by Crippen LogP contribution is 2.24. The van der Waals surface area contributed by atoms with E-state index in [2.05, 4.69) is 34.8 Å². The Bertz CT molecular complexity index is 1760. The molecular weight excluding hydrogens is 660 g/mol. The van der Waals surface area contributed by atoms with Crippen LogP contribution in [0.15, 0.2) is 49.3 Å². The smallest absolute Gasteiger partial charge is 0.214 e. The Morgan fingerprint density at radius 3 is 1.71 bits per heavy atom. The zero-order chi connectivity index (χ0) is 38.4. The molecule has 1 aliphatic heterocycles. The zero-order valence-corrected chi connectivity index (χ0v) is 31.8. The van der Waals surface area contributed by atoms with Crippen LogP contribution in [-0.4, -0.2) is 93.4 Å². The highest BCUT2D eigenvalue weighted by molar-refractivity contribution is 6.13. The fourth-order valence-corrected chi connectivity index (χ4v) is 5.06. The fourth-order valence-electron chi connectivity index (χ4n) is 5.06. The van der Waals surface area contributed by atoms with E-state index in [1.807, 2.05) is 66.5 Å². The third-order valence-electron chi connectivity index (χ3n) is 7.64. The molecule has 280 valence electrons. The van der Waals surface area contributed by atoms with Crippen LogP contribution >= 0.6 is 0 Å². The number of likely N-dealkylation sites (N-methyl/N-ethyl adjacent to an activating group) is 1. The SMILES string of the molecule is CC.CC(C)Oc1cc(C(=N)c2cc(N3CCCC3)ncn2)c(N)cn1.COC(C)CN(C)c1cc(C(=N)c2cc(OC(C)C)ncc2N)ncn1. The number of nitrogen functional groups attached to an aromatic ring is 2. The second kappa shape index (κ2) is 19.8. The molecule has 6 N–H and O–H groups in total. The summed E-state index contributed by atoms with van der Waals surface area (Å²) in [5.41, 5.74) is 15.4. The predicted octanol–water partition coefficient (Wildman–Crippen LogP) is 5.41. The molecule has 5 rings (SSSR count). The third kappa shape index (κ3) is 11.5. The molecule has 1 fully saturated rings. The number of methoxy groups -OCH3 is 1. The minimum Gasteiger partial charge on any atom is -0.475 e. The van der Waals surface area contributed by atoms with Gasteiger partial charge in [0.2, 0.25) is 11.8 Å².